The Morgan fingerprint density at radius 1 is 1.03 bits per heavy atom. The van der Waals surface area contributed by atoms with Crippen LogP contribution in [0.2, 0.25) is 0 Å². The van der Waals surface area contributed by atoms with Gasteiger partial charge in [0.2, 0.25) is 5.95 Å². The van der Waals surface area contributed by atoms with Crippen LogP contribution in [0.4, 0.5) is 24.8 Å². The highest BCUT2D eigenvalue weighted by molar-refractivity contribution is 5.66. The number of halogens is 3. The van der Waals surface area contributed by atoms with Crippen LogP contribution in [0.15, 0.2) is 48.9 Å². The van der Waals surface area contributed by atoms with Crippen LogP contribution in [0.25, 0.3) is 16.8 Å². The van der Waals surface area contributed by atoms with Crippen LogP contribution in [-0.2, 0) is 5.67 Å². The van der Waals surface area contributed by atoms with Crippen LogP contribution in [0.5, 0.6) is 0 Å². The van der Waals surface area contributed by atoms with E-state index in [0.29, 0.717) is 30.2 Å². The number of alkyl halides is 1. The van der Waals surface area contributed by atoms with E-state index in [1.165, 1.54) is 4.52 Å². The highest BCUT2D eigenvalue weighted by Gasteiger charge is 2.37. The van der Waals surface area contributed by atoms with E-state index < -0.39 is 17.3 Å². The molecule has 3 aromatic heterocycles. The topological polar surface area (TPSA) is 81.1 Å². The molecule has 0 bridgehead atoms. The lowest BCUT2D eigenvalue weighted by molar-refractivity contribution is 0.173. The van der Waals surface area contributed by atoms with E-state index in [9.17, 15) is 0 Å². The monoisotopic (exact) mass is 520 g/mol. The van der Waals surface area contributed by atoms with Gasteiger partial charge in [-0.1, -0.05) is 6.92 Å². The number of pyridine rings is 1. The first-order valence-corrected chi connectivity index (χ1v) is 13.3. The molecule has 0 unspecified atom stereocenters. The Kier molecular flexibility index (Phi) is 6.34. The molecule has 9 heteroatoms. The van der Waals surface area contributed by atoms with Crippen LogP contribution >= 0.6 is 0 Å². The largest absolute Gasteiger partial charge is 0.328 e. The fourth-order valence-corrected chi connectivity index (χ4v) is 6.30. The van der Waals surface area contributed by atoms with E-state index in [1.54, 1.807) is 30.7 Å². The Labute approximate surface area is 219 Å². The number of fused-ring (bicyclic) bond motifs is 1. The molecule has 2 saturated carbocycles. The molecule has 0 radical (unpaired) electrons. The Morgan fingerprint density at radius 3 is 2.53 bits per heavy atom. The van der Waals surface area contributed by atoms with Crippen molar-refractivity contribution in [2.24, 2.45) is 11.7 Å². The summed E-state index contributed by atoms with van der Waals surface area (Å²) in [6.07, 6.45) is 10.1. The number of hydrogen-bond donors (Lipinski definition) is 2. The first kappa shape index (κ1) is 24.9. The quantitative estimate of drug-likeness (QED) is 0.303. The number of nitrogens with zero attached hydrogens (tertiary/aromatic N) is 4. The van der Waals surface area contributed by atoms with Crippen molar-refractivity contribution in [3.8, 4) is 11.3 Å². The lowest BCUT2D eigenvalue weighted by Crippen LogP contribution is -2.31. The third-order valence-electron chi connectivity index (χ3n) is 8.12. The number of hydrogen-bond acceptors (Lipinski definition) is 5. The maximum atomic E-state index is 15.2. The number of aromatic nitrogens is 4. The second kappa shape index (κ2) is 9.69. The summed E-state index contributed by atoms with van der Waals surface area (Å²) >= 11 is 0. The van der Waals surface area contributed by atoms with Gasteiger partial charge in [-0.05, 0) is 98.2 Å². The number of nitrogens with one attached hydrogen (secondary N) is 1. The van der Waals surface area contributed by atoms with Crippen molar-refractivity contribution in [3.05, 3.63) is 71.7 Å². The van der Waals surface area contributed by atoms with Crippen molar-refractivity contribution in [1.29, 1.82) is 0 Å². The standard InChI is InChI=1S/C29H31F3N6/c1-17-10-18(12-20(33)11-17)22-6-9-34-16-26(22)36-28-35-15-21-4-5-25(37-38(21)28)27-23(30)13-19(14-24(27)31)29(32)7-2-3-8-29/h4-6,9,13-18,20H,2-3,7-8,10-12,33H2,1H3,(H,35,36)/t17-,18+,20-/m0/s1. The van der Waals surface area contributed by atoms with Crippen molar-refractivity contribution in [2.45, 2.75) is 69.5 Å². The molecule has 3 heterocycles. The number of rotatable bonds is 5. The van der Waals surface area contributed by atoms with Gasteiger partial charge in [-0.3, -0.25) is 4.98 Å². The van der Waals surface area contributed by atoms with Gasteiger partial charge in [-0.25, -0.2) is 18.2 Å². The molecule has 6 rings (SSSR count). The summed E-state index contributed by atoms with van der Waals surface area (Å²) in [5.74, 6) is -0.450. The molecule has 2 aliphatic rings. The third kappa shape index (κ3) is 4.53. The van der Waals surface area contributed by atoms with Crippen LogP contribution < -0.4 is 11.1 Å². The van der Waals surface area contributed by atoms with Crippen molar-refractivity contribution in [2.75, 3.05) is 5.32 Å². The van der Waals surface area contributed by atoms with E-state index in [0.717, 1.165) is 42.6 Å². The Balaban J connectivity index is 1.34. The lowest BCUT2D eigenvalue weighted by Gasteiger charge is -2.32. The highest BCUT2D eigenvalue weighted by atomic mass is 19.1. The maximum absolute atomic E-state index is 15.2. The number of anilines is 2. The summed E-state index contributed by atoms with van der Waals surface area (Å²) in [7, 11) is 0. The molecule has 0 saturated heterocycles. The molecule has 2 aliphatic carbocycles. The van der Waals surface area contributed by atoms with E-state index in [4.69, 9.17) is 5.73 Å². The summed E-state index contributed by atoms with van der Waals surface area (Å²) in [5, 5.41) is 7.84. The molecule has 38 heavy (non-hydrogen) atoms. The Hall–Kier alpha value is -3.46. The Morgan fingerprint density at radius 2 is 1.79 bits per heavy atom. The zero-order chi connectivity index (χ0) is 26.4. The van der Waals surface area contributed by atoms with Crippen molar-refractivity contribution < 1.29 is 13.2 Å². The fraction of sp³-hybridized carbons (Fsp3) is 0.414. The van der Waals surface area contributed by atoms with Gasteiger partial charge < -0.3 is 11.1 Å². The predicted molar refractivity (Wildman–Crippen MR) is 141 cm³/mol. The first-order chi connectivity index (χ1) is 18.3. The van der Waals surface area contributed by atoms with Crippen molar-refractivity contribution >= 4 is 17.2 Å². The molecule has 3 N–H and O–H groups in total. The molecule has 198 valence electrons. The van der Waals surface area contributed by atoms with E-state index in [1.807, 2.05) is 6.07 Å². The highest BCUT2D eigenvalue weighted by Crippen LogP contribution is 2.44. The molecular formula is C29H31F3N6. The zero-order valence-corrected chi connectivity index (χ0v) is 21.3. The average molecular weight is 521 g/mol. The minimum Gasteiger partial charge on any atom is -0.328 e. The van der Waals surface area contributed by atoms with Crippen molar-refractivity contribution in [1.82, 2.24) is 19.6 Å². The average Bonchev–Trinajstić information content (AvgIpc) is 3.50. The summed E-state index contributed by atoms with van der Waals surface area (Å²) < 4.78 is 47.1. The van der Waals surface area contributed by atoms with Gasteiger partial charge in [0.05, 0.1) is 34.9 Å². The van der Waals surface area contributed by atoms with Gasteiger partial charge in [-0.15, -0.1) is 0 Å². The van der Waals surface area contributed by atoms with Gasteiger partial charge in [0.15, 0.2) is 0 Å². The fourth-order valence-electron chi connectivity index (χ4n) is 6.30. The minimum absolute atomic E-state index is 0.0562. The normalized spacial score (nSPS) is 23.1. The maximum Gasteiger partial charge on any atom is 0.229 e. The van der Waals surface area contributed by atoms with E-state index in [2.05, 4.69) is 27.3 Å². The van der Waals surface area contributed by atoms with E-state index >= 15 is 13.2 Å². The predicted octanol–water partition coefficient (Wildman–Crippen LogP) is 6.78. The molecule has 0 spiro atoms. The molecule has 6 nitrogen and oxygen atoms in total. The van der Waals surface area contributed by atoms with Gasteiger partial charge in [0.25, 0.3) is 0 Å². The third-order valence-corrected chi connectivity index (χ3v) is 8.12. The molecule has 0 aliphatic heterocycles. The van der Waals surface area contributed by atoms with Gasteiger partial charge in [0, 0.05) is 12.2 Å². The molecule has 4 aromatic rings. The molecular weight excluding hydrogens is 489 g/mol. The van der Waals surface area contributed by atoms with Gasteiger partial charge in [0.1, 0.15) is 17.3 Å². The second-order valence-corrected chi connectivity index (χ2v) is 11.0. The number of nitrogens with two attached hydrogens (primary N) is 1. The van der Waals surface area contributed by atoms with Crippen LogP contribution in [-0.4, -0.2) is 25.6 Å². The number of benzene rings is 1. The first-order valence-electron chi connectivity index (χ1n) is 13.3. The summed E-state index contributed by atoms with van der Waals surface area (Å²) in [4.78, 5) is 8.75. The van der Waals surface area contributed by atoms with Crippen LogP contribution in [0.3, 0.4) is 0 Å². The minimum atomic E-state index is -1.68. The zero-order valence-electron chi connectivity index (χ0n) is 21.3. The molecule has 0 amide bonds. The molecule has 3 atom stereocenters. The van der Waals surface area contributed by atoms with Gasteiger partial charge in [-0.2, -0.15) is 9.61 Å². The summed E-state index contributed by atoms with van der Waals surface area (Å²) in [6.45, 7) is 2.22. The lowest BCUT2D eigenvalue weighted by atomic mass is 9.76. The molecule has 2 fully saturated rings. The SMILES string of the molecule is C[C@@H]1C[C@H](N)C[C@H](c2ccncc2Nc2ncc3ccc(-c4c(F)cc(C5(F)CCCC5)cc4F)nn23)C1. The Bertz CT molecular complexity index is 1450. The van der Waals surface area contributed by atoms with E-state index in [-0.39, 0.29) is 41.6 Å². The smallest absolute Gasteiger partial charge is 0.229 e. The number of imidazole rings is 1. The second-order valence-electron chi connectivity index (χ2n) is 11.0. The summed E-state index contributed by atoms with van der Waals surface area (Å²) in [5.41, 5.74) is 7.06. The van der Waals surface area contributed by atoms with Crippen LogP contribution in [0, 0.1) is 17.6 Å². The van der Waals surface area contributed by atoms with Gasteiger partial charge >= 0.3 is 0 Å². The summed E-state index contributed by atoms with van der Waals surface area (Å²) in [6, 6.07) is 7.62. The van der Waals surface area contributed by atoms with Crippen LogP contribution in [0.1, 0.15) is 68.9 Å². The molecule has 1 aromatic carbocycles. The van der Waals surface area contributed by atoms with Crippen molar-refractivity contribution in [3.63, 3.8) is 0 Å².